The van der Waals surface area contributed by atoms with E-state index in [1.54, 1.807) is 0 Å². The summed E-state index contributed by atoms with van der Waals surface area (Å²) in [6, 6.07) is 21.3. The van der Waals surface area contributed by atoms with Crippen LogP contribution in [-0.4, -0.2) is 41.6 Å². The average molecular weight is 396 g/mol. The van der Waals surface area contributed by atoms with Crippen molar-refractivity contribution < 1.29 is 5.11 Å². The molecule has 0 spiro atoms. The van der Waals surface area contributed by atoms with Gasteiger partial charge in [0.1, 0.15) is 0 Å². The first kappa shape index (κ1) is 15.6. The van der Waals surface area contributed by atoms with E-state index in [0.717, 1.165) is 12.8 Å². The molecule has 0 aliphatic heterocycles. The summed E-state index contributed by atoms with van der Waals surface area (Å²) < 4.78 is 4.32. The minimum absolute atomic E-state index is 0.278. The van der Waals surface area contributed by atoms with Crippen molar-refractivity contribution in [3.05, 3.63) is 70.1 Å². The van der Waals surface area contributed by atoms with Crippen molar-refractivity contribution in [2.75, 3.05) is 6.61 Å². The Kier molecular flexibility index (Phi) is 7.14. The molecule has 1 nitrogen and oxygen atoms in total. The Morgan fingerprint density at radius 1 is 0.900 bits per heavy atom. The predicted octanol–water partition coefficient (Wildman–Crippen LogP) is 1.66. The van der Waals surface area contributed by atoms with Crippen LogP contribution >= 0.6 is 0 Å². The maximum absolute atomic E-state index is 9.05. The van der Waals surface area contributed by atoms with E-state index in [9.17, 15) is 0 Å². The molecule has 0 aliphatic carbocycles. The topological polar surface area (TPSA) is 20.2 Å². The zero-order valence-electron chi connectivity index (χ0n) is 11.2. The normalized spacial score (nSPS) is 11.6. The van der Waals surface area contributed by atoms with Crippen molar-refractivity contribution in [3.8, 4) is 0 Å². The zero-order valence-corrected chi connectivity index (χ0v) is 14.7. The summed E-state index contributed by atoms with van der Waals surface area (Å²) in [7, 11) is 0. The average Bonchev–Trinajstić information content (AvgIpc) is 2.52. The Bertz CT molecular complexity index is 523. The maximum atomic E-state index is 9.05. The zero-order chi connectivity index (χ0) is 14.0. The Balaban J connectivity index is 2.02. The van der Waals surface area contributed by atoms with Gasteiger partial charge in [-0.2, -0.15) is 0 Å². The van der Waals surface area contributed by atoms with Crippen LogP contribution in [0.25, 0.3) is 0 Å². The van der Waals surface area contributed by atoms with Gasteiger partial charge in [0.15, 0.2) is 0 Å². The van der Waals surface area contributed by atoms with Gasteiger partial charge in [-0.05, 0) is 0 Å². The Morgan fingerprint density at radius 2 is 1.50 bits per heavy atom. The van der Waals surface area contributed by atoms with Gasteiger partial charge in [0.05, 0.1) is 0 Å². The van der Waals surface area contributed by atoms with Gasteiger partial charge in [-0.15, -0.1) is 0 Å². The molecule has 104 valence electrons. The van der Waals surface area contributed by atoms with Gasteiger partial charge in [-0.25, -0.2) is 0 Å². The standard InChI is InChI=1S/C17H18OSe2/c18-13-7-12-17(20-16-10-5-2-6-11-16)14-19-15-8-3-1-4-9-15/h1-6,8-11,14,18H,7,12-13H2/b17-14+. The SMILES string of the molecule is OCCC/C(=C\[Se]c1ccccc1)[Se]c1ccccc1. The molecule has 0 aromatic heterocycles. The first-order chi connectivity index (χ1) is 9.88. The monoisotopic (exact) mass is 398 g/mol. The van der Waals surface area contributed by atoms with Crippen LogP contribution in [0, 0.1) is 0 Å². The molecule has 2 aromatic rings. The molecule has 0 unspecified atom stereocenters. The molecule has 3 heteroatoms. The number of aliphatic hydroxyl groups is 1. The Morgan fingerprint density at radius 3 is 2.10 bits per heavy atom. The van der Waals surface area contributed by atoms with Gasteiger partial charge in [0.25, 0.3) is 0 Å². The van der Waals surface area contributed by atoms with Gasteiger partial charge in [-0.3, -0.25) is 0 Å². The second-order valence-electron chi connectivity index (χ2n) is 4.26. The van der Waals surface area contributed by atoms with E-state index in [-0.39, 0.29) is 6.61 Å². The van der Waals surface area contributed by atoms with Crippen molar-refractivity contribution in [1.29, 1.82) is 0 Å². The molecule has 1 N–H and O–H groups in total. The van der Waals surface area contributed by atoms with Crippen LogP contribution in [0.5, 0.6) is 0 Å². The molecule has 0 amide bonds. The van der Waals surface area contributed by atoms with E-state index in [2.05, 4.69) is 65.6 Å². The van der Waals surface area contributed by atoms with E-state index >= 15 is 0 Å². The third-order valence-electron chi connectivity index (χ3n) is 2.64. The molecule has 0 saturated heterocycles. The second kappa shape index (κ2) is 9.18. The molecule has 2 rings (SSSR count). The van der Waals surface area contributed by atoms with Gasteiger partial charge in [0, 0.05) is 0 Å². The van der Waals surface area contributed by atoms with Gasteiger partial charge < -0.3 is 0 Å². The summed E-state index contributed by atoms with van der Waals surface area (Å²) in [4.78, 5) is 2.41. The summed E-state index contributed by atoms with van der Waals surface area (Å²) in [5.41, 5.74) is 0. The van der Waals surface area contributed by atoms with Crippen LogP contribution in [0.1, 0.15) is 12.8 Å². The summed E-state index contributed by atoms with van der Waals surface area (Å²) in [6.07, 6.45) is 1.88. The summed E-state index contributed by atoms with van der Waals surface area (Å²) in [5.74, 6) is 0. The number of hydrogen-bond acceptors (Lipinski definition) is 1. The van der Waals surface area contributed by atoms with Crippen molar-refractivity contribution in [2.24, 2.45) is 0 Å². The first-order valence-corrected chi connectivity index (χ1v) is 10.2. The molecule has 20 heavy (non-hydrogen) atoms. The van der Waals surface area contributed by atoms with E-state index < -0.39 is 0 Å². The molecule has 0 atom stereocenters. The summed E-state index contributed by atoms with van der Waals surface area (Å²) in [5, 5.41) is 9.05. The van der Waals surface area contributed by atoms with E-state index in [1.807, 2.05) is 0 Å². The van der Waals surface area contributed by atoms with Gasteiger partial charge in [0.2, 0.25) is 0 Å². The third-order valence-corrected chi connectivity index (χ3v) is 7.68. The number of rotatable bonds is 7. The van der Waals surface area contributed by atoms with Crippen molar-refractivity contribution in [2.45, 2.75) is 12.8 Å². The summed E-state index contributed by atoms with van der Waals surface area (Å²) in [6.45, 7) is 0.278. The third kappa shape index (κ3) is 5.66. The van der Waals surface area contributed by atoms with E-state index in [4.69, 9.17) is 5.11 Å². The summed E-state index contributed by atoms with van der Waals surface area (Å²) >= 11 is 0.773. The molecule has 0 fully saturated rings. The molecule has 0 bridgehead atoms. The van der Waals surface area contributed by atoms with Crippen LogP contribution in [0.4, 0.5) is 0 Å². The number of benzene rings is 2. The molecular formula is C17H18OSe2. The van der Waals surface area contributed by atoms with Crippen LogP contribution < -0.4 is 8.92 Å². The van der Waals surface area contributed by atoms with Gasteiger partial charge in [-0.1, -0.05) is 0 Å². The van der Waals surface area contributed by atoms with Crippen LogP contribution in [0.2, 0.25) is 0 Å². The fourth-order valence-electron chi connectivity index (χ4n) is 1.66. The number of aliphatic hydroxyl groups excluding tert-OH is 1. The van der Waals surface area contributed by atoms with Crippen molar-refractivity contribution in [1.82, 2.24) is 0 Å². The van der Waals surface area contributed by atoms with E-state index in [0.29, 0.717) is 29.9 Å². The second-order valence-corrected chi connectivity index (χ2v) is 8.75. The molecule has 2 aromatic carbocycles. The molecule has 0 saturated carbocycles. The van der Waals surface area contributed by atoms with Crippen molar-refractivity contribution in [3.63, 3.8) is 0 Å². The number of allylic oxidation sites excluding steroid dienone is 1. The molecule has 0 radical (unpaired) electrons. The van der Waals surface area contributed by atoms with Crippen LogP contribution in [0.15, 0.2) is 70.1 Å². The van der Waals surface area contributed by atoms with Crippen LogP contribution in [-0.2, 0) is 0 Å². The fourth-order valence-corrected chi connectivity index (χ4v) is 6.05. The van der Waals surface area contributed by atoms with Crippen LogP contribution in [0.3, 0.4) is 0 Å². The molecular weight excluding hydrogens is 378 g/mol. The Hall–Kier alpha value is -0.821. The Labute approximate surface area is 133 Å². The predicted molar refractivity (Wildman–Crippen MR) is 88.1 cm³/mol. The quantitative estimate of drug-likeness (QED) is 0.706. The minimum atomic E-state index is 0.278. The van der Waals surface area contributed by atoms with E-state index in [1.165, 1.54) is 13.4 Å². The fraction of sp³-hybridized carbons (Fsp3) is 0.176. The molecule has 0 heterocycles. The van der Waals surface area contributed by atoms with Gasteiger partial charge >= 0.3 is 134 Å². The number of hydrogen-bond donors (Lipinski definition) is 1. The first-order valence-electron chi connectivity index (χ1n) is 6.63. The van der Waals surface area contributed by atoms with Crippen molar-refractivity contribution >= 4 is 38.8 Å². The molecule has 0 aliphatic rings.